The Hall–Kier alpha value is -1.10. The molecule has 0 fully saturated rings. The molecule has 0 heterocycles. The predicted octanol–water partition coefficient (Wildman–Crippen LogP) is 1.12. The molecule has 0 aromatic heterocycles. The number of likely N-dealkylation sites (N-methyl/N-ethyl adjacent to an activating group) is 1. The van der Waals surface area contributed by atoms with Crippen LogP contribution in [0.5, 0.6) is 0 Å². The molecule has 0 aliphatic heterocycles. The van der Waals surface area contributed by atoms with Crippen molar-refractivity contribution >= 4 is 11.9 Å². The molecule has 16 heavy (non-hydrogen) atoms. The first-order chi connectivity index (χ1) is 7.38. The fourth-order valence-corrected chi connectivity index (χ4v) is 1.03. The molecule has 0 aromatic rings. The van der Waals surface area contributed by atoms with Crippen molar-refractivity contribution in [3.8, 4) is 0 Å². The summed E-state index contributed by atoms with van der Waals surface area (Å²) >= 11 is 0. The topological polar surface area (TPSA) is 66.8 Å². The van der Waals surface area contributed by atoms with Crippen molar-refractivity contribution in [2.75, 3.05) is 13.6 Å². The number of nitrogens with zero attached hydrogens (tertiary/aromatic N) is 1. The van der Waals surface area contributed by atoms with E-state index in [1.807, 2.05) is 13.8 Å². The van der Waals surface area contributed by atoms with E-state index >= 15 is 0 Å². The van der Waals surface area contributed by atoms with Crippen LogP contribution >= 0.6 is 0 Å². The molecule has 1 N–H and O–H groups in total. The Balaban J connectivity index is 4.05. The van der Waals surface area contributed by atoms with Crippen LogP contribution in [0.15, 0.2) is 0 Å². The summed E-state index contributed by atoms with van der Waals surface area (Å²) in [5.41, 5.74) is 0. The summed E-state index contributed by atoms with van der Waals surface area (Å²) in [4.78, 5) is 23.6. The fraction of sp³-hybridized carbons (Fsp3) is 0.818. The first-order valence-corrected chi connectivity index (χ1v) is 5.51. The quantitative estimate of drug-likeness (QED) is 0.665. The van der Waals surface area contributed by atoms with E-state index in [2.05, 4.69) is 0 Å². The standard InChI is InChI=1S/C11H21NO4/c1-5-8(2)16-11(15)9(3)12(4)7-6-10(13)14/h8-9H,5-7H2,1-4H3,(H,13,14). The van der Waals surface area contributed by atoms with Gasteiger partial charge in [-0.15, -0.1) is 0 Å². The second kappa shape index (κ2) is 7.22. The van der Waals surface area contributed by atoms with E-state index < -0.39 is 12.0 Å². The van der Waals surface area contributed by atoms with Crippen molar-refractivity contribution in [2.24, 2.45) is 0 Å². The molecule has 0 radical (unpaired) electrons. The van der Waals surface area contributed by atoms with Crippen LogP contribution in [0.1, 0.15) is 33.6 Å². The Morgan fingerprint density at radius 3 is 2.38 bits per heavy atom. The highest BCUT2D eigenvalue weighted by molar-refractivity contribution is 5.75. The maximum atomic E-state index is 11.6. The van der Waals surface area contributed by atoms with Crippen LogP contribution in [-0.4, -0.2) is 47.7 Å². The Labute approximate surface area is 96.4 Å². The summed E-state index contributed by atoms with van der Waals surface area (Å²) in [5, 5.41) is 8.52. The van der Waals surface area contributed by atoms with Gasteiger partial charge < -0.3 is 9.84 Å². The van der Waals surface area contributed by atoms with Crippen LogP contribution < -0.4 is 0 Å². The molecule has 94 valence electrons. The zero-order valence-electron chi connectivity index (χ0n) is 10.4. The lowest BCUT2D eigenvalue weighted by molar-refractivity contribution is -0.154. The van der Waals surface area contributed by atoms with Crippen molar-refractivity contribution in [3.05, 3.63) is 0 Å². The largest absolute Gasteiger partial charge is 0.481 e. The van der Waals surface area contributed by atoms with Gasteiger partial charge in [0.25, 0.3) is 0 Å². The van der Waals surface area contributed by atoms with Crippen LogP contribution in [0.25, 0.3) is 0 Å². The smallest absolute Gasteiger partial charge is 0.323 e. The van der Waals surface area contributed by atoms with Crippen molar-refractivity contribution in [2.45, 2.75) is 45.8 Å². The highest BCUT2D eigenvalue weighted by atomic mass is 16.5. The minimum Gasteiger partial charge on any atom is -0.481 e. The van der Waals surface area contributed by atoms with E-state index in [1.54, 1.807) is 18.9 Å². The van der Waals surface area contributed by atoms with E-state index in [0.29, 0.717) is 6.54 Å². The zero-order valence-corrected chi connectivity index (χ0v) is 10.4. The van der Waals surface area contributed by atoms with E-state index in [9.17, 15) is 9.59 Å². The molecule has 2 atom stereocenters. The molecule has 0 spiro atoms. The van der Waals surface area contributed by atoms with Crippen molar-refractivity contribution in [1.82, 2.24) is 4.90 Å². The first-order valence-electron chi connectivity index (χ1n) is 5.51. The third-order valence-electron chi connectivity index (χ3n) is 2.57. The number of carbonyl (C=O) groups is 2. The third-order valence-corrected chi connectivity index (χ3v) is 2.57. The van der Waals surface area contributed by atoms with Crippen LogP contribution in [0, 0.1) is 0 Å². The van der Waals surface area contributed by atoms with Gasteiger partial charge in [0, 0.05) is 6.54 Å². The summed E-state index contributed by atoms with van der Waals surface area (Å²) in [6.07, 6.45) is 0.706. The van der Waals surface area contributed by atoms with Gasteiger partial charge in [0.15, 0.2) is 0 Å². The maximum absolute atomic E-state index is 11.6. The minimum atomic E-state index is -0.866. The van der Waals surface area contributed by atoms with Gasteiger partial charge in [0.1, 0.15) is 6.04 Å². The number of ether oxygens (including phenoxy) is 1. The first kappa shape index (κ1) is 14.9. The number of hydrogen-bond donors (Lipinski definition) is 1. The molecular formula is C11H21NO4. The Morgan fingerprint density at radius 1 is 1.38 bits per heavy atom. The van der Waals surface area contributed by atoms with Gasteiger partial charge in [-0.2, -0.15) is 0 Å². The Morgan fingerprint density at radius 2 is 1.94 bits per heavy atom. The number of rotatable bonds is 7. The van der Waals surface area contributed by atoms with Gasteiger partial charge in [-0.05, 0) is 27.3 Å². The van der Waals surface area contributed by atoms with Gasteiger partial charge in [-0.25, -0.2) is 0 Å². The average molecular weight is 231 g/mol. The fourth-order valence-electron chi connectivity index (χ4n) is 1.03. The third kappa shape index (κ3) is 5.70. The van der Waals surface area contributed by atoms with Crippen molar-refractivity contribution in [1.29, 1.82) is 0 Å². The molecule has 0 saturated carbocycles. The van der Waals surface area contributed by atoms with Gasteiger partial charge in [-0.1, -0.05) is 6.92 Å². The second-order valence-electron chi connectivity index (χ2n) is 3.96. The Bertz CT molecular complexity index is 242. The van der Waals surface area contributed by atoms with E-state index in [0.717, 1.165) is 6.42 Å². The van der Waals surface area contributed by atoms with E-state index in [1.165, 1.54) is 0 Å². The summed E-state index contributed by atoms with van der Waals surface area (Å²) in [5.74, 6) is -1.17. The summed E-state index contributed by atoms with van der Waals surface area (Å²) in [7, 11) is 1.71. The molecule has 0 rings (SSSR count). The summed E-state index contributed by atoms with van der Waals surface area (Å²) in [6, 6.07) is -0.409. The van der Waals surface area contributed by atoms with Crippen LogP contribution in [0.2, 0.25) is 0 Å². The van der Waals surface area contributed by atoms with E-state index in [-0.39, 0.29) is 18.5 Å². The van der Waals surface area contributed by atoms with Gasteiger partial charge in [-0.3, -0.25) is 14.5 Å². The van der Waals surface area contributed by atoms with Crippen molar-refractivity contribution in [3.63, 3.8) is 0 Å². The second-order valence-corrected chi connectivity index (χ2v) is 3.96. The number of carbonyl (C=O) groups excluding carboxylic acids is 1. The molecule has 0 saturated heterocycles. The molecule has 0 aromatic carbocycles. The lowest BCUT2D eigenvalue weighted by Crippen LogP contribution is -2.39. The number of carboxylic acids is 1. The van der Waals surface area contributed by atoms with Crippen molar-refractivity contribution < 1.29 is 19.4 Å². The number of carboxylic acid groups (broad SMARTS) is 1. The maximum Gasteiger partial charge on any atom is 0.323 e. The monoisotopic (exact) mass is 231 g/mol. The molecule has 5 heteroatoms. The lowest BCUT2D eigenvalue weighted by atomic mass is 10.2. The molecule has 0 bridgehead atoms. The van der Waals surface area contributed by atoms with Gasteiger partial charge in [0.2, 0.25) is 0 Å². The summed E-state index contributed by atoms with van der Waals surface area (Å²) in [6.45, 7) is 5.83. The predicted molar refractivity (Wildman–Crippen MR) is 60.2 cm³/mol. The molecule has 0 aliphatic rings. The number of esters is 1. The average Bonchev–Trinajstić information content (AvgIpc) is 2.24. The molecule has 0 aliphatic carbocycles. The zero-order chi connectivity index (χ0) is 12.7. The van der Waals surface area contributed by atoms with Crippen LogP contribution in [-0.2, 0) is 14.3 Å². The van der Waals surface area contributed by atoms with Gasteiger partial charge in [0.05, 0.1) is 12.5 Å². The molecule has 0 amide bonds. The highest BCUT2D eigenvalue weighted by Gasteiger charge is 2.21. The van der Waals surface area contributed by atoms with Crippen LogP contribution in [0.3, 0.4) is 0 Å². The van der Waals surface area contributed by atoms with E-state index in [4.69, 9.17) is 9.84 Å². The highest BCUT2D eigenvalue weighted by Crippen LogP contribution is 2.04. The molecular weight excluding hydrogens is 210 g/mol. The number of aliphatic carboxylic acids is 1. The lowest BCUT2D eigenvalue weighted by Gasteiger charge is -2.23. The van der Waals surface area contributed by atoms with Crippen LogP contribution in [0.4, 0.5) is 0 Å². The minimum absolute atomic E-state index is 0.0252. The Kier molecular flexibility index (Phi) is 6.72. The molecule has 5 nitrogen and oxygen atoms in total. The summed E-state index contributed by atoms with van der Waals surface area (Å²) < 4.78 is 5.16. The molecule has 2 unspecified atom stereocenters. The van der Waals surface area contributed by atoms with Gasteiger partial charge >= 0.3 is 11.9 Å². The SMILES string of the molecule is CCC(C)OC(=O)C(C)N(C)CCC(=O)O. The normalized spacial score (nSPS) is 14.6. The number of hydrogen-bond acceptors (Lipinski definition) is 4.